The smallest absolute Gasteiger partial charge is 0.219 e. The summed E-state index contributed by atoms with van der Waals surface area (Å²) in [5.74, 6) is 3.75. The van der Waals surface area contributed by atoms with E-state index in [-0.39, 0.29) is 0 Å². The van der Waals surface area contributed by atoms with Crippen LogP contribution in [0.25, 0.3) is 239 Å². The minimum Gasteiger partial charge on any atom is -0.247 e. The van der Waals surface area contributed by atoms with Crippen LogP contribution < -0.4 is 4.57 Å². The summed E-state index contributed by atoms with van der Waals surface area (Å²) in [6.07, 6.45) is 2.29. The van der Waals surface area contributed by atoms with Gasteiger partial charge in [-0.2, -0.15) is 4.57 Å². The van der Waals surface area contributed by atoms with Crippen molar-refractivity contribution in [1.29, 1.82) is 0 Å². The van der Waals surface area contributed by atoms with Gasteiger partial charge in [0.2, 0.25) is 11.2 Å². The minimum atomic E-state index is 0.620. The van der Waals surface area contributed by atoms with Crippen molar-refractivity contribution in [2.75, 3.05) is 0 Å². The molecular weight excluding hydrogens is 1600 g/mol. The minimum absolute atomic E-state index is 0.620. The zero-order valence-corrected chi connectivity index (χ0v) is 71.8. The van der Waals surface area contributed by atoms with Crippen LogP contribution in [0.5, 0.6) is 0 Å². The highest BCUT2D eigenvalue weighted by Crippen LogP contribution is 2.40. The Morgan fingerprint density at radius 1 is 0.136 bits per heavy atom. The van der Waals surface area contributed by atoms with Gasteiger partial charge in [-0.3, -0.25) is 0 Å². The second-order valence-corrected chi connectivity index (χ2v) is 33.3. The average molecular weight is 1680 g/mol. The Hall–Kier alpha value is -17.7. The molecule has 0 aliphatic heterocycles. The zero-order chi connectivity index (χ0) is 87.6. The topological polar surface area (TPSA) is 94.1 Å². The van der Waals surface area contributed by atoms with Crippen LogP contribution in [0.1, 0.15) is 0 Å². The number of hydrogen-bond acceptors (Lipinski definition) is 7. The summed E-state index contributed by atoms with van der Waals surface area (Å²) in [5, 5.41) is 12.2. The predicted octanol–water partition coefficient (Wildman–Crippen LogP) is 31.3. The largest absolute Gasteiger partial charge is 0.247 e. The van der Waals surface area contributed by atoms with E-state index in [0.717, 1.165) is 128 Å². The first-order valence-corrected chi connectivity index (χ1v) is 44.6. The van der Waals surface area contributed by atoms with E-state index in [4.69, 9.17) is 34.9 Å². The summed E-state index contributed by atoms with van der Waals surface area (Å²) in [7, 11) is 0. The van der Waals surface area contributed by atoms with Crippen LogP contribution in [0.2, 0.25) is 0 Å². The Bertz CT molecular complexity index is 8140. The molecule has 0 saturated heterocycles. The van der Waals surface area contributed by atoms with E-state index >= 15 is 0 Å². The number of aromatic nitrogens is 8. The first kappa shape index (κ1) is 79.0. The Labute approximate surface area is 764 Å². The molecule has 0 N–H and O–H groups in total. The molecule has 0 spiro atoms. The van der Waals surface area contributed by atoms with Gasteiger partial charge in [0.1, 0.15) is 0 Å². The Kier molecular flexibility index (Phi) is 20.9. The van der Waals surface area contributed by atoms with Crippen LogP contribution in [-0.2, 0) is 0 Å². The van der Waals surface area contributed by atoms with Crippen molar-refractivity contribution in [2.24, 2.45) is 0 Å². The van der Waals surface area contributed by atoms with Gasteiger partial charge in [0.05, 0.1) is 22.0 Å². The van der Waals surface area contributed by atoms with Gasteiger partial charge in [0.25, 0.3) is 0 Å². The second-order valence-electron chi connectivity index (χ2n) is 33.3. The van der Waals surface area contributed by atoms with Crippen LogP contribution in [0.4, 0.5) is 0 Å². The number of nitrogens with zero attached hydrogens (tertiary/aromatic N) is 8. The van der Waals surface area contributed by atoms with Crippen molar-refractivity contribution in [3.63, 3.8) is 0 Å². The van der Waals surface area contributed by atoms with Crippen molar-refractivity contribution in [2.45, 2.75) is 0 Å². The van der Waals surface area contributed by atoms with Gasteiger partial charge in [0, 0.05) is 73.3 Å². The van der Waals surface area contributed by atoms with Crippen molar-refractivity contribution in [1.82, 2.24) is 34.9 Å². The molecule has 8 heteroatoms. The van der Waals surface area contributed by atoms with Crippen LogP contribution in [0.3, 0.4) is 0 Å². The van der Waals surface area contributed by atoms with Gasteiger partial charge in [-0.1, -0.05) is 425 Å². The summed E-state index contributed by atoms with van der Waals surface area (Å²) in [6, 6.07) is 171. The number of benzene rings is 20. The van der Waals surface area contributed by atoms with Gasteiger partial charge in [0.15, 0.2) is 41.1 Å². The monoisotopic (exact) mass is 1680 g/mol. The molecule has 0 aliphatic carbocycles. The van der Waals surface area contributed by atoms with Gasteiger partial charge in [-0.25, -0.2) is 34.9 Å². The molecule has 0 unspecified atom stereocenters. The Balaban J connectivity index is 0.000000150. The fourth-order valence-electron chi connectivity index (χ4n) is 18.2. The highest BCUT2D eigenvalue weighted by molar-refractivity contribution is 6.16. The zero-order valence-electron chi connectivity index (χ0n) is 71.8. The molecule has 4 aromatic heterocycles. The van der Waals surface area contributed by atoms with E-state index in [0.29, 0.717) is 34.9 Å². The van der Waals surface area contributed by atoms with Crippen molar-refractivity contribution < 1.29 is 4.57 Å². The van der Waals surface area contributed by atoms with Gasteiger partial charge in [-0.05, 0) is 158 Å². The summed E-state index contributed by atoms with van der Waals surface area (Å²) in [6.45, 7) is 0. The number of pyridine rings is 2. The number of para-hydroxylation sites is 1. The quantitative estimate of drug-likeness (QED) is 0.0540. The van der Waals surface area contributed by atoms with Crippen LogP contribution in [-0.4, -0.2) is 34.9 Å². The summed E-state index contributed by atoms with van der Waals surface area (Å²) >= 11 is 0. The molecule has 8 nitrogen and oxygen atoms in total. The summed E-state index contributed by atoms with van der Waals surface area (Å²) < 4.78 is 2.33. The first-order valence-electron chi connectivity index (χ1n) is 44.6. The van der Waals surface area contributed by atoms with Gasteiger partial charge in [-0.15, -0.1) is 0 Å². The van der Waals surface area contributed by atoms with Crippen LogP contribution in [0.15, 0.2) is 492 Å². The fourth-order valence-corrected chi connectivity index (χ4v) is 18.2. The maximum absolute atomic E-state index is 5.26. The third-order valence-electron chi connectivity index (χ3n) is 25.2. The highest BCUT2D eigenvalue weighted by atomic mass is 15.0. The number of hydrogen-bond donors (Lipinski definition) is 0. The van der Waals surface area contributed by atoms with Crippen molar-refractivity contribution >= 4 is 64.9 Å². The molecule has 132 heavy (non-hydrogen) atoms. The molecule has 0 fully saturated rings. The molecule has 0 amide bonds. The van der Waals surface area contributed by atoms with E-state index in [1.165, 1.54) is 76.2 Å². The third-order valence-corrected chi connectivity index (χ3v) is 25.2. The van der Waals surface area contributed by atoms with E-state index in [1.54, 1.807) is 0 Å². The lowest BCUT2D eigenvalue weighted by atomic mass is 9.96. The highest BCUT2D eigenvalue weighted by Gasteiger charge is 2.22. The third kappa shape index (κ3) is 15.9. The molecule has 20 aromatic carbocycles. The molecule has 0 saturated carbocycles. The normalized spacial score (nSPS) is 11.3. The summed E-state index contributed by atoms with van der Waals surface area (Å²) in [4.78, 5) is 35.8. The lowest BCUT2D eigenvalue weighted by molar-refractivity contribution is -0.565. The summed E-state index contributed by atoms with van der Waals surface area (Å²) in [5.41, 5.74) is 29.2. The van der Waals surface area contributed by atoms with E-state index in [1.807, 2.05) is 24.3 Å². The molecule has 616 valence electrons. The van der Waals surface area contributed by atoms with Crippen molar-refractivity contribution in [3.05, 3.63) is 492 Å². The van der Waals surface area contributed by atoms with Gasteiger partial charge < -0.3 is 0 Å². The van der Waals surface area contributed by atoms with Crippen LogP contribution in [0, 0.1) is 0 Å². The molecule has 0 radical (unpaired) electrons. The second kappa shape index (κ2) is 34.9. The van der Waals surface area contributed by atoms with E-state index in [2.05, 4.69) is 472 Å². The van der Waals surface area contributed by atoms with Crippen molar-refractivity contribution in [3.8, 4) is 174 Å². The Morgan fingerprint density at radius 3 is 0.811 bits per heavy atom. The Morgan fingerprint density at radius 2 is 0.409 bits per heavy atom. The average Bonchev–Trinajstić information content (AvgIpc) is 0.740. The maximum Gasteiger partial charge on any atom is 0.219 e. The first-order chi connectivity index (χ1) is 65.3. The number of fused-ring (bicyclic) bond motifs is 9. The fraction of sp³-hybridized carbons (Fsp3) is 0. The molecule has 0 aliphatic rings. The standard InChI is InChI=1S/C62H41N4.C62H40N4/c1-3-12-42(13-4-1)44-26-30-50(31-27-44)60-63-61(51-32-28-45(29-33-51)43-14-5-2-6-15-43)65-62(64-60)53-18-11-17-52(40-53)48-24-22-46(23-25-48)47-34-37-54(38-35-47)66-41-58-55-19-8-7-16-49(55)36-39-56(58)57-20-9-10-21-59(57)66;1-3-12-41(13-4-1)43-28-34-49(35-29-43)60-64-61(50-36-30-44(31-37-50)42-14-5-2-6-15-42)66-62(65-60)54-19-11-18-51(38-54)47-24-22-45(23-25-47)46-26-32-48(33-27-46)59-56-21-10-9-20-55(56)57-39-52-16-7-8-17-53(52)40-58(57)63-59/h1-41H;1-40H/q+1;. The van der Waals surface area contributed by atoms with E-state index < -0.39 is 0 Å². The molecule has 4 heterocycles. The molecule has 24 rings (SSSR count). The SMILES string of the molecule is c1ccc(-c2ccc(-c3nc(-c4ccc(-c5ccccc5)cc4)nc(-c4cccc(-c5ccc(-c6ccc(-[n+]7cc8c9ccccc9ccc8c8ccccc87)cc6)cc5)c4)n3)cc2)cc1.c1ccc(-c2ccc(-c3nc(-c4ccc(-c5ccccc5)cc4)nc(-c4cccc(-c5ccc(-c6ccc(-c7nc8cc9ccccc9cc8c8ccccc78)cc6)cc5)c4)n3)cc2)cc1. The molecular formula is C124H81N8+. The number of rotatable bonds is 16. The molecule has 0 bridgehead atoms. The molecule has 0 atom stereocenters. The van der Waals surface area contributed by atoms with E-state index in [9.17, 15) is 0 Å². The van der Waals surface area contributed by atoms with Crippen LogP contribution >= 0.6 is 0 Å². The lowest BCUT2D eigenvalue weighted by Gasteiger charge is -2.12. The predicted molar refractivity (Wildman–Crippen MR) is 546 cm³/mol. The van der Waals surface area contributed by atoms with Gasteiger partial charge >= 0.3 is 0 Å². The maximum atomic E-state index is 5.26. The molecule has 24 aromatic rings. The lowest BCUT2D eigenvalue weighted by Crippen LogP contribution is -2.31.